The molecule has 10 nitrogen and oxygen atoms in total. The first-order valence-electron chi connectivity index (χ1n) is 14.8. The van der Waals surface area contributed by atoms with Crippen LogP contribution in [0.25, 0.3) is 16.9 Å². The lowest BCUT2D eigenvalue weighted by Crippen LogP contribution is -2.37. The summed E-state index contributed by atoms with van der Waals surface area (Å²) in [5.41, 5.74) is 4.50. The number of carbonyl (C=O) groups excluding carboxylic acids is 2. The normalized spacial score (nSPS) is 18.4. The molecule has 1 unspecified atom stereocenters. The number of fused-ring (bicyclic) bond motifs is 2. The highest BCUT2D eigenvalue weighted by molar-refractivity contribution is 6.11. The van der Waals surface area contributed by atoms with Crippen molar-refractivity contribution in [1.29, 1.82) is 0 Å². The van der Waals surface area contributed by atoms with E-state index in [4.69, 9.17) is 9.72 Å². The Hall–Kier alpha value is -4.35. The van der Waals surface area contributed by atoms with Gasteiger partial charge in [-0.1, -0.05) is 12.1 Å². The van der Waals surface area contributed by atoms with Gasteiger partial charge in [0.05, 0.1) is 41.5 Å². The number of halogens is 1. The van der Waals surface area contributed by atoms with Crippen LogP contribution in [0.2, 0.25) is 0 Å². The van der Waals surface area contributed by atoms with E-state index in [0.717, 1.165) is 35.4 Å². The van der Waals surface area contributed by atoms with Gasteiger partial charge in [-0.05, 0) is 89.4 Å². The van der Waals surface area contributed by atoms with Crippen molar-refractivity contribution in [2.24, 2.45) is 0 Å². The van der Waals surface area contributed by atoms with Gasteiger partial charge in [-0.3, -0.25) is 9.20 Å². The molecule has 0 radical (unpaired) electrons. The summed E-state index contributed by atoms with van der Waals surface area (Å²) in [6.07, 6.45) is 4.61. The number of anilines is 2. The average molecular weight is 601 g/mol. The first-order chi connectivity index (χ1) is 20.9. The van der Waals surface area contributed by atoms with Crippen LogP contribution in [0.1, 0.15) is 73.1 Å². The minimum Gasteiger partial charge on any atom is -0.443 e. The third-order valence-electron chi connectivity index (χ3n) is 8.04. The predicted molar refractivity (Wildman–Crippen MR) is 164 cm³/mol. The lowest BCUT2D eigenvalue weighted by molar-refractivity contribution is 0.0248. The van der Waals surface area contributed by atoms with Crippen molar-refractivity contribution in [2.75, 3.05) is 19.4 Å². The number of aromatic nitrogens is 3. The van der Waals surface area contributed by atoms with E-state index in [9.17, 15) is 19.1 Å². The Morgan fingerprint density at radius 2 is 1.98 bits per heavy atom. The van der Waals surface area contributed by atoms with Crippen molar-refractivity contribution < 1.29 is 23.8 Å². The van der Waals surface area contributed by atoms with Gasteiger partial charge in [0.2, 0.25) is 0 Å². The first kappa shape index (κ1) is 29.7. The van der Waals surface area contributed by atoms with E-state index in [0.29, 0.717) is 46.1 Å². The summed E-state index contributed by atoms with van der Waals surface area (Å²) < 4.78 is 21.2. The fourth-order valence-electron chi connectivity index (χ4n) is 6.14. The van der Waals surface area contributed by atoms with Crippen LogP contribution in [0, 0.1) is 5.82 Å². The molecule has 4 heterocycles. The molecule has 1 aromatic carbocycles. The van der Waals surface area contributed by atoms with Crippen molar-refractivity contribution in [3.05, 3.63) is 77.0 Å². The topological polar surface area (TPSA) is 112 Å². The lowest BCUT2D eigenvalue weighted by atomic mass is 9.95. The Kier molecular flexibility index (Phi) is 7.63. The zero-order valence-electron chi connectivity index (χ0n) is 25.6. The molecule has 2 aliphatic rings. The van der Waals surface area contributed by atoms with Gasteiger partial charge < -0.3 is 20.1 Å². The van der Waals surface area contributed by atoms with E-state index in [1.807, 2.05) is 26.2 Å². The zero-order chi connectivity index (χ0) is 31.3. The van der Waals surface area contributed by atoms with Crippen molar-refractivity contribution >= 4 is 29.2 Å². The van der Waals surface area contributed by atoms with Crippen LogP contribution < -0.4 is 5.32 Å². The van der Waals surface area contributed by atoms with E-state index >= 15 is 0 Å². The SMILES string of the molecule is CN(C)Cc1nc(Nc2ccc(-c3cnc4cc(F)ccn34)c3c2C(=O)N(C(=O)OC(C)(C)C)C3)ccc1[C@H]1CCC(O)C1. The number of ether oxygens (including phenoxy) is 1. The van der Waals surface area contributed by atoms with E-state index in [1.165, 1.54) is 12.1 Å². The van der Waals surface area contributed by atoms with E-state index in [2.05, 4.69) is 21.3 Å². The molecule has 1 aliphatic heterocycles. The molecule has 1 saturated carbocycles. The molecule has 3 aromatic heterocycles. The molecule has 4 aromatic rings. The van der Waals surface area contributed by atoms with E-state index < -0.39 is 23.4 Å². The summed E-state index contributed by atoms with van der Waals surface area (Å²) >= 11 is 0. The fourth-order valence-corrected chi connectivity index (χ4v) is 6.14. The number of aliphatic hydroxyl groups excluding tert-OH is 1. The maximum atomic E-state index is 13.9. The highest BCUT2D eigenvalue weighted by atomic mass is 19.1. The van der Waals surface area contributed by atoms with Crippen molar-refractivity contribution in [3.8, 4) is 11.3 Å². The second-order valence-corrected chi connectivity index (χ2v) is 12.9. The average Bonchev–Trinajstić information content (AvgIpc) is 3.65. The Bertz CT molecular complexity index is 1760. The maximum Gasteiger partial charge on any atom is 0.417 e. The molecule has 230 valence electrons. The summed E-state index contributed by atoms with van der Waals surface area (Å²) in [4.78, 5) is 39.5. The summed E-state index contributed by atoms with van der Waals surface area (Å²) in [6, 6.07) is 10.3. The highest BCUT2D eigenvalue weighted by Gasteiger charge is 2.39. The fraction of sp³-hybridized carbons (Fsp3) is 0.394. The number of nitrogens with one attached hydrogen (secondary N) is 1. The number of nitrogens with zero attached hydrogens (tertiary/aromatic N) is 5. The monoisotopic (exact) mass is 600 g/mol. The lowest BCUT2D eigenvalue weighted by Gasteiger charge is -2.23. The summed E-state index contributed by atoms with van der Waals surface area (Å²) in [6.45, 7) is 5.88. The van der Waals surface area contributed by atoms with Gasteiger partial charge in [0.15, 0.2) is 0 Å². The van der Waals surface area contributed by atoms with Gasteiger partial charge in [0, 0.05) is 24.4 Å². The smallest absolute Gasteiger partial charge is 0.417 e. The molecule has 0 spiro atoms. The van der Waals surface area contributed by atoms with E-state index in [1.54, 1.807) is 43.6 Å². The second-order valence-electron chi connectivity index (χ2n) is 12.9. The largest absolute Gasteiger partial charge is 0.443 e. The number of imidazole rings is 1. The van der Waals surface area contributed by atoms with Gasteiger partial charge in [-0.2, -0.15) is 0 Å². The third-order valence-corrected chi connectivity index (χ3v) is 8.04. The molecular weight excluding hydrogens is 563 g/mol. The Morgan fingerprint density at radius 1 is 1.18 bits per heavy atom. The number of benzene rings is 1. The van der Waals surface area contributed by atoms with Crippen LogP contribution in [-0.2, 0) is 17.8 Å². The number of rotatable bonds is 6. The molecule has 6 rings (SSSR count). The Balaban J connectivity index is 1.41. The van der Waals surface area contributed by atoms with Gasteiger partial charge in [0.25, 0.3) is 5.91 Å². The summed E-state index contributed by atoms with van der Waals surface area (Å²) in [7, 11) is 3.97. The van der Waals surface area contributed by atoms with Crippen LogP contribution >= 0.6 is 0 Å². The molecule has 2 atom stereocenters. The standard InChI is InChI=1S/C33H37FN6O4/c1-33(2,3)44-32(43)40-17-24-23(27-16-35-29-15-20(34)12-13-39(27)29)8-10-25(30(24)31(40)42)36-28-11-9-22(19-6-7-21(41)14-19)26(37-28)18-38(4)5/h8-13,15-16,19,21,41H,6-7,14,17-18H2,1-5H3,(H,36,37)/t19-,21?/m0/s1. The maximum absolute atomic E-state index is 13.9. The van der Waals surface area contributed by atoms with Gasteiger partial charge in [-0.25, -0.2) is 24.1 Å². The third kappa shape index (κ3) is 5.77. The summed E-state index contributed by atoms with van der Waals surface area (Å²) in [5.74, 6) is -0.0775. The van der Waals surface area contributed by atoms with Crippen molar-refractivity contribution in [1.82, 2.24) is 24.2 Å². The molecule has 11 heteroatoms. The van der Waals surface area contributed by atoms with Crippen LogP contribution in [0.3, 0.4) is 0 Å². The molecule has 1 fully saturated rings. The molecule has 44 heavy (non-hydrogen) atoms. The quantitative estimate of drug-likeness (QED) is 0.283. The number of pyridine rings is 2. The molecular formula is C33H37FN6O4. The minimum atomic E-state index is -0.786. The van der Waals surface area contributed by atoms with Crippen molar-refractivity contribution in [3.63, 3.8) is 0 Å². The first-order valence-corrected chi connectivity index (χ1v) is 14.8. The number of aliphatic hydroxyl groups is 1. The number of amides is 2. The van der Waals surface area contributed by atoms with Crippen molar-refractivity contribution in [2.45, 2.75) is 70.7 Å². The molecule has 2 N–H and O–H groups in total. The Labute approximate surface area is 255 Å². The van der Waals surface area contributed by atoms with Gasteiger partial charge >= 0.3 is 6.09 Å². The van der Waals surface area contributed by atoms with Crippen LogP contribution in [0.15, 0.2) is 48.8 Å². The van der Waals surface area contributed by atoms with Crippen LogP contribution in [0.4, 0.5) is 20.7 Å². The van der Waals surface area contributed by atoms with Crippen LogP contribution in [0.5, 0.6) is 0 Å². The Morgan fingerprint density at radius 3 is 2.68 bits per heavy atom. The number of hydrogen-bond donors (Lipinski definition) is 2. The number of carbonyl (C=O) groups is 2. The molecule has 1 aliphatic carbocycles. The van der Waals surface area contributed by atoms with Gasteiger partial charge in [0.1, 0.15) is 22.9 Å². The summed E-state index contributed by atoms with van der Waals surface area (Å²) in [5, 5.41) is 13.5. The molecule has 0 bridgehead atoms. The molecule has 0 saturated heterocycles. The minimum absolute atomic E-state index is 0.00458. The van der Waals surface area contributed by atoms with E-state index in [-0.39, 0.29) is 18.6 Å². The number of imide groups is 1. The zero-order valence-corrected chi connectivity index (χ0v) is 25.6. The van der Waals surface area contributed by atoms with Gasteiger partial charge in [-0.15, -0.1) is 0 Å². The number of hydrogen-bond acceptors (Lipinski definition) is 8. The highest BCUT2D eigenvalue weighted by Crippen LogP contribution is 2.40. The second kappa shape index (κ2) is 11.3. The molecule has 2 amide bonds. The van der Waals surface area contributed by atoms with Crippen LogP contribution in [-0.4, -0.2) is 67.1 Å². The predicted octanol–water partition coefficient (Wildman–Crippen LogP) is 5.86.